The zero-order valence-electron chi connectivity index (χ0n) is 16.9. The van der Waals surface area contributed by atoms with Crippen LogP contribution in [0, 0.1) is 6.92 Å². The van der Waals surface area contributed by atoms with Gasteiger partial charge in [0.05, 0.1) is 11.5 Å². The van der Waals surface area contributed by atoms with Gasteiger partial charge in [-0.25, -0.2) is 4.79 Å². The highest BCUT2D eigenvalue weighted by molar-refractivity contribution is 5.79. The number of hydrogen-bond donors (Lipinski definition) is 0. The van der Waals surface area contributed by atoms with Crippen molar-refractivity contribution in [3.05, 3.63) is 64.5 Å². The summed E-state index contributed by atoms with van der Waals surface area (Å²) in [6.07, 6.45) is 1.05. The molecule has 0 saturated carbocycles. The Morgan fingerprint density at radius 2 is 1.90 bits per heavy atom. The zero-order valence-corrected chi connectivity index (χ0v) is 16.9. The lowest BCUT2D eigenvalue weighted by Crippen LogP contribution is -2.29. The largest absolute Gasteiger partial charge is 0.479 e. The van der Waals surface area contributed by atoms with Gasteiger partial charge in [-0.2, -0.15) is 0 Å². The predicted molar refractivity (Wildman–Crippen MR) is 110 cm³/mol. The molecule has 3 aromatic rings. The predicted octanol–water partition coefficient (Wildman–Crippen LogP) is 5.00. The Kier molecular flexibility index (Phi) is 6.22. The van der Waals surface area contributed by atoms with Crippen LogP contribution in [-0.4, -0.2) is 18.2 Å². The quantitative estimate of drug-likeness (QED) is 0.523. The maximum absolute atomic E-state index is 12.7. The first-order valence-electron chi connectivity index (χ1n) is 9.54. The van der Waals surface area contributed by atoms with Crippen LogP contribution in [0.5, 0.6) is 17.2 Å². The first kappa shape index (κ1) is 20.5. The molecule has 2 aromatic carbocycles. The summed E-state index contributed by atoms with van der Waals surface area (Å²) in [6.45, 7) is 7.32. The molecule has 0 aliphatic carbocycles. The van der Waals surface area contributed by atoms with E-state index in [-0.39, 0.29) is 17.3 Å². The topological polar surface area (TPSA) is 75.0 Å². The molecule has 3 rings (SSSR count). The van der Waals surface area contributed by atoms with Crippen molar-refractivity contribution in [1.29, 1.82) is 0 Å². The summed E-state index contributed by atoms with van der Waals surface area (Å²) in [4.78, 5) is 24.8. The van der Waals surface area contributed by atoms with E-state index in [0.717, 1.165) is 12.0 Å². The van der Waals surface area contributed by atoms with Crippen LogP contribution < -0.4 is 14.9 Å². The van der Waals surface area contributed by atoms with Gasteiger partial charge in [0.15, 0.2) is 6.10 Å². The van der Waals surface area contributed by atoms with Crippen molar-refractivity contribution >= 4 is 16.9 Å². The molecule has 2 atom stereocenters. The van der Waals surface area contributed by atoms with Gasteiger partial charge < -0.3 is 18.6 Å². The minimum Gasteiger partial charge on any atom is -0.479 e. The van der Waals surface area contributed by atoms with Gasteiger partial charge in [0.2, 0.25) is 11.2 Å². The number of esters is 1. The number of ether oxygens (including phenoxy) is 3. The minimum atomic E-state index is -0.780. The molecule has 0 radical (unpaired) electrons. The smallest absolute Gasteiger partial charge is 0.347 e. The Balaban J connectivity index is 1.79. The number of benzene rings is 2. The minimum absolute atomic E-state index is 0.0993. The van der Waals surface area contributed by atoms with Gasteiger partial charge >= 0.3 is 5.97 Å². The molecular formula is C23H24O6. The second kappa shape index (κ2) is 8.82. The monoisotopic (exact) mass is 396 g/mol. The fourth-order valence-corrected chi connectivity index (χ4v) is 2.67. The van der Waals surface area contributed by atoms with Crippen LogP contribution in [0.3, 0.4) is 0 Å². The van der Waals surface area contributed by atoms with Crippen molar-refractivity contribution < 1.29 is 23.4 Å². The van der Waals surface area contributed by atoms with Gasteiger partial charge in [-0.05, 0) is 57.0 Å². The summed E-state index contributed by atoms with van der Waals surface area (Å²) >= 11 is 0. The van der Waals surface area contributed by atoms with Gasteiger partial charge in [0.25, 0.3) is 0 Å². The Morgan fingerprint density at radius 1 is 1.10 bits per heavy atom. The van der Waals surface area contributed by atoms with Crippen molar-refractivity contribution in [3.63, 3.8) is 0 Å². The van der Waals surface area contributed by atoms with Gasteiger partial charge in [-0.15, -0.1) is 0 Å². The maximum Gasteiger partial charge on any atom is 0.347 e. The van der Waals surface area contributed by atoms with E-state index < -0.39 is 12.1 Å². The third-order valence-corrected chi connectivity index (χ3v) is 4.47. The number of rotatable bonds is 7. The number of carbonyl (C=O) groups excluding carboxylic acids is 1. The molecule has 0 spiro atoms. The second-order valence-corrected chi connectivity index (χ2v) is 6.92. The van der Waals surface area contributed by atoms with E-state index in [1.807, 2.05) is 39.0 Å². The molecule has 6 heteroatoms. The van der Waals surface area contributed by atoms with Gasteiger partial charge in [0.1, 0.15) is 23.3 Å². The van der Waals surface area contributed by atoms with E-state index in [2.05, 4.69) is 0 Å². The summed E-state index contributed by atoms with van der Waals surface area (Å²) in [7, 11) is 0. The van der Waals surface area contributed by atoms with Crippen LogP contribution in [0.25, 0.3) is 11.0 Å². The van der Waals surface area contributed by atoms with E-state index in [0.29, 0.717) is 22.5 Å². The Bertz CT molecular complexity index is 1070. The third-order valence-electron chi connectivity index (χ3n) is 4.47. The Labute approximate surface area is 169 Å². The molecule has 29 heavy (non-hydrogen) atoms. The molecule has 152 valence electrons. The van der Waals surface area contributed by atoms with Crippen LogP contribution in [0.2, 0.25) is 0 Å². The van der Waals surface area contributed by atoms with Crippen molar-refractivity contribution in [3.8, 4) is 17.2 Å². The molecule has 0 N–H and O–H groups in total. The van der Waals surface area contributed by atoms with Crippen molar-refractivity contribution in [2.45, 2.75) is 46.3 Å². The van der Waals surface area contributed by atoms with E-state index in [4.69, 9.17) is 18.6 Å². The van der Waals surface area contributed by atoms with E-state index >= 15 is 0 Å². The molecule has 0 saturated heterocycles. The van der Waals surface area contributed by atoms with E-state index in [1.54, 1.807) is 31.2 Å². The second-order valence-electron chi connectivity index (χ2n) is 6.92. The number of carbonyl (C=O) groups is 1. The van der Waals surface area contributed by atoms with Crippen LogP contribution >= 0.6 is 0 Å². The summed E-state index contributed by atoms with van der Waals surface area (Å²) in [5.74, 6) is 0.622. The fraction of sp³-hybridized carbons (Fsp3) is 0.304. The highest BCUT2D eigenvalue weighted by Crippen LogP contribution is 2.25. The van der Waals surface area contributed by atoms with Crippen LogP contribution in [0.1, 0.15) is 32.8 Å². The first-order chi connectivity index (χ1) is 13.9. The molecule has 0 aliphatic heterocycles. The van der Waals surface area contributed by atoms with Crippen molar-refractivity contribution in [2.24, 2.45) is 0 Å². The summed E-state index contributed by atoms with van der Waals surface area (Å²) in [5, 5.41) is 0.359. The summed E-state index contributed by atoms with van der Waals surface area (Å²) in [6, 6.07) is 12.2. The highest BCUT2D eigenvalue weighted by atomic mass is 16.6. The summed E-state index contributed by atoms with van der Waals surface area (Å²) < 4.78 is 22.2. The van der Waals surface area contributed by atoms with E-state index in [9.17, 15) is 9.59 Å². The fourth-order valence-electron chi connectivity index (χ4n) is 2.67. The lowest BCUT2D eigenvalue weighted by atomic mass is 10.2. The molecule has 0 aliphatic rings. The molecule has 0 bridgehead atoms. The number of hydrogen-bond acceptors (Lipinski definition) is 6. The average molecular weight is 396 g/mol. The molecule has 1 aromatic heterocycles. The molecule has 0 amide bonds. The van der Waals surface area contributed by atoms with Gasteiger partial charge in [-0.3, -0.25) is 4.79 Å². The lowest BCUT2D eigenvalue weighted by Gasteiger charge is -2.17. The number of aryl methyl sites for hydroxylation is 1. The molecule has 6 nitrogen and oxygen atoms in total. The standard InChI is InChI=1S/C23H24O6/c1-5-15(3)27-23(25)16(4)28-18-9-10-19-20(12-18)26-13-21(22(19)24)29-17-8-6-7-14(2)11-17/h6-13,15-16H,5H2,1-4H3/t15-,16+/m1/s1. The highest BCUT2D eigenvalue weighted by Gasteiger charge is 2.19. The summed E-state index contributed by atoms with van der Waals surface area (Å²) in [5.41, 5.74) is 1.07. The third kappa shape index (κ3) is 4.96. The zero-order chi connectivity index (χ0) is 21.0. The van der Waals surface area contributed by atoms with Gasteiger partial charge in [0, 0.05) is 6.07 Å². The normalized spacial score (nSPS) is 13.0. The van der Waals surface area contributed by atoms with Crippen LogP contribution in [0.4, 0.5) is 0 Å². The Hall–Kier alpha value is -3.28. The molecular weight excluding hydrogens is 372 g/mol. The Morgan fingerprint density at radius 3 is 2.62 bits per heavy atom. The molecule has 0 fully saturated rings. The SMILES string of the molecule is CC[C@@H](C)OC(=O)[C@H](C)Oc1ccc2c(=O)c(Oc3cccc(C)c3)coc2c1. The van der Waals surface area contributed by atoms with Crippen molar-refractivity contribution in [1.82, 2.24) is 0 Å². The number of fused-ring (bicyclic) bond motifs is 1. The van der Waals surface area contributed by atoms with Gasteiger partial charge in [-0.1, -0.05) is 19.1 Å². The van der Waals surface area contributed by atoms with Crippen molar-refractivity contribution in [2.75, 3.05) is 0 Å². The first-order valence-corrected chi connectivity index (χ1v) is 9.54. The average Bonchev–Trinajstić information content (AvgIpc) is 2.70. The molecule has 1 heterocycles. The van der Waals surface area contributed by atoms with Crippen LogP contribution in [0.15, 0.2) is 57.9 Å². The van der Waals surface area contributed by atoms with Crippen LogP contribution in [-0.2, 0) is 9.53 Å². The molecule has 0 unspecified atom stereocenters. The van der Waals surface area contributed by atoms with E-state index in [1.165, 1.54) is 6.26 Å². The lowest BCUT2D eigenvalue weighted by molar-refractivity contribution is -0.155. The maximum atomic E-state index is 12.7.